The molecule has 0 bridgehead atoms. The minimum atomic E-state index is -1.88. The van der Waals surface area contributed by atoms with Gasteiger partial charge in [0.2, 0.25) is 16.7 Å². The Morgan fingerprint density at radius 3 is 2.53 bits per heavy atom. The third-order valence-corrected chi connectivity index (χ3v) is 9.24. The number of hydrogen-bond donors (Lipinski definition) is 4. The van der Waals surface area contributed by atoms with Gasteiger partial charge in [-0.25, -0.2) is 24.2 Å². The first kappa shape index (κ1) is 36.9. The van der Waals surface area contributed by atoms with Crippen molar-refractivity contribution >= 4 is 82.8 Å². The van der Waals surface area contributed by atoms with Crippen molar-refractivity contribution < 1.29 is 52.9 Å². The van der Waals surface area contributed by atoms with E-state index in [2.05, 4.69) is 20.6 Å². The summed E-state index contributed by atoms with van der Waals surface area (Å²) in [4.78, 5) is 96.0. The number of β-lactam (4-membered cyclic amide) rings is 1. The summed E-state index contributed by atoms with van der Waals surface area (Å²) in [6, 6.07) is 10.8. The summed E-state index contributed by atoms with van der Waals surface area (Å²) in [5, 5.41) is 14.2. The van der Waals surface area contributed by atoms with E-state index >= 15 is 0 Å². The minimum Gasteiger partial charge on any atom is -0.497 e. The second-order valence-electron chi connectivity index (χ2n) is 11.0. The van der Waals surface area contributed by atoms with Crippen molar-refractivity contribution in [1.29, 1.82) is 0 Å². The molecule has 5 rings (SSSR count). The quantitative estimate of drug-likeness (QED) is 0.0648. The van der Waals surface area contributed by atoms with Crippen LogP contribution < -0.4 is 15.4 Å². The predicted octanol–water partition coefficient (Wildman–Crippen LogP) is 2.59. The zero-order valence-electron chi connectivity index (χ0n) is 26.5. The van der Waals surface area contributed by atoms with E-state index in [1.165, 1.54) is 44.4 Å². The molecule has 3 aromatic rings. The predicted molar refractivity (Wildman–Crippen MR) is 180 cm³/mol. The lowest BCUT2D eigenvalue weighted by molar-refractivity contribution is -0.151. The summed E-state index contributed by atoms with van der Waals surface area (Å²) in [5.74, 6) is -6.91. The number of benzene rings is 2. The van der Waals surface area contributed by atoms with Gasteiger partial charge in [-0.3, -0.25) is 19.3 Å². The van der Waals surface area contributed by atoms with Crippen LogP contribution in [0.4, 0.5) is 5.69 Å². The molecule has 1 fully saturated rings. The van der Waals surface area contributed by atoms with Crippen molar-refractivity contribution in [1.82, 2.24) is 20.2 Å². The summed E-state index contributed by atoms with van der Waals surface area (Å²) >= 11 is 12.6. The highest BCUT2D eigenvalue weighted by Gasteiger charge is 2.55. The molecule has 1 saturated heterocycles. The van der Waals surface area contributed by atoms with Crippen LogP contribution in [-0.4, -0.2) is 97.3 Å². The van der Waals surface area contributed by atoms with Crippen molar-refractivity contribution in [3.05, 3.63) is 88.6 Å². The van der Waals surface area contributed by atoms with Gasteiger partial charge in [0, 0.05) is 17.0 Å². The number of aromatic amines is 1. The number of carbonyl (C=O) groups excluding carboxylic acids is 6. The second kappa shape index (κ2) is 15.2. The van der Waals surface area contributed by atoms with Crippen LogP contribution in [0.2, 0.25) is 0 Å². The Kier molecular flexibility index (Phi) is 11.0. The number of thioether (sulfide) groups is 1. The number of methoxy groups -OCH3 is 1. The molecule has 2 aliphatic heterocycles. The monoisotopic (exact) mass is 759 g/mol. The van der Waals surface area contributed by atoms with E-state index in [1.54, 1.807) is 18.2 Å². The summed E-state index contributed by atoms with van der Waals surface area (Å²) in [6.07, 6.45) is 1.50. The van der Waals surface area contributed by atoms with Crippen LogP contribution in [0.15, 0.2) is 66.0 Å². The van der Waals surface area contributed by atoms with Crippen molar-refractivity contribution in [3.8, 4) is 5.75 Å². The van der Waals surface area contributed by atoms with E-state index in [-0.39, 0.29) is 34.0 Å². The van der Waals surface area contributed by atoms with Crippen LogP contribution in [0.25, 0.3) is 0 Å². The molecule has 3 amide bonds. The third-order valence-electron chi connectivity index (χ3n) is 7.59. The Morgan fingerprint density at radius 1 is 1.16 bits per heavy atom. The fraction of sp³-hybridized carbons (Fsp3) is 0.250. The van der Waals surface area contributed by atoms with Crippen LogP contribution in [0, 0.1) is 0 Å². The number of halogens is 2. The lowest BCUT2D eigenvalue weighted by atomic mass is 9.95. The number of hydrogen-bond acceptors (Lipinski definition) is 12. The highest BCUT2D eigenvalue weighted by Crippen LogP contribution is 2.41. The van der Waals surface area contributed by atoms with Crippen LogP contribution in [0.3, 0.4) is 0 Å². The molecule has 0 saturated carbocycles. The van der Waals surface area contributed by atoms with E-state index in [0.29, 0.717) is 17.8 Å². The maximum absolute atomic E-state index is 13.9. The maximum atomic E-state index is 13.9. The number of alkyl halides is 2. The normalized spacial score (nSPS) is 17.3. The van der Waals surface area contributed by atoms with Crippen LogP contribution in [-0.2, 0) is 33.4 Å². The Balaban J connectivity index is 1.36. The Bertz CT molecular complexity index is 1940. The van der Waals surface area contributed by atoms with Gasteiger partial charge in [0.1, 0.15) is 46.9 Å². The molecule has 0 aliphatic carbocycles. The van der Waals surface area contributed by atoms with E-state index in [4.69, 9.17) is 37.4 Å². The molecule has 3 atom stereocenters. The standard InChI is InChI=1S/C32H27Cl2N5O11S/c1-32(33,34)31(47)49-12-17-13-51-27-22(26(42)39(27)23(17)28(43)44)38-25(41)21(16-4-3-5-18(10-16)36-14-40)24-35-11-20(37-24)30(46)50-29(45)15-6-8-19(48-2)9-7-15/h3-11,14,21-22,27H,12-13H2,1-2H3,(H,35,37)(H,36,40)(H,38,41)(H,43,44)/t21?,22-,27+/m1/s1. The number of amides is 3. The molecule has 4 N–H and O–H groups in total. The Labute approximate surface area is 302 Å². The van der Waals surface area contributed by atoms with Crippen LogP contribution >= 0.6 is 35.0 Å². The number of carboxylic acid groups (broad SMARTS) is 1. The van der Waals surface area contributed by atoms with Crippen LogP contribution in [0.5, 0.6) is 5.75 Å². The number of aliphatic carboxylic acids is 1. The van der Waals surface area contributed by atoms with Gasteiger partial charge in [-0.2, -0.15) is 0 Å². The molecule has 2 aliphatic rings. The number of nitrogens with zero attached hydrogens (tertiary/aromatic N) is 2. The van der Waals surface area contributed by atoms with Gasteiger partial charge < -0.3 is 34.9 Å². The zero-order chi connectivity index (χ0) is 37.0. The first-order valence-electron chi connectivity index (χ1n) is 14.7. The Morgan fingerprint density at radius 2 is 1.88 bits per heavy atom. The molecule has 1 unspecified atom stereocenters. The average molecular weight is 761 g/mol. The third kappa shape index (κ3) is 8.00. The first-order chi connectivity index (χ1) is 24.2. The fourth-order valence-corrected chi connectivity index (χ4v) is 6.57. The average Bonchev–Trinajstić information content (AvgIpc) is 3.59. The summed E-state index contributed by atoms with van der Waals surface area (Å²) in [6.45, 7) is 0.698. The molecule has 51 heavy (non-hydrogen) atoms. The summed E-state index contributed by atoms with van der Waals surface area (Å²) < 4.78 is 13.2. The van der Waals surface area contributed by atoms with Gasteiger partial charge in [0.15, 0.2) is 0 Å². The number of imidazole rings is 1. The number of esters is 3. The summed E-state index contributed by atoms with van der Waals surface area (Å²) in [5.41, 5.74) is 0.111. The number of fused-ring (bicyclic) bond motifs is 1. The van der Waals surface area contributed by atoms with Gasteiger partial charge in [-0.15, -0.1) is 11.8 Å². The number of rotatable bonds is 13. The topological polar surface area (TPSA) is 223 Å². The molecule has 0 spiro atoms. The molecule has 0 radical (unpaired) electrons. The van der Waals surface area contributed by atoms with Crippen molar-refractivity contribution in [2.45, 2.75) is 28.6 Å². The number of anilines is 1. The SMILES string of the molecule is COc1ccc(C(=O)OC(=O)c2cnc(C(C(=O)N[C@@H]3C(=O)N4C(C(=O)O)=C(COC(=O)C(C)(Cl)Cl)CS[C@@H]34)c3cccc(NC=O)c3)[nH]2)cc1. The van der Waals surface area contributed by atoms with Gasteiger partial charge in [0.05, 0.1) is 18.9 Å². The highest BCUT2D eigenvalue weighted by atomic mass is 35.5. The smallest absolute Gasteiger partial charge is 0.364 e. The number of ether oxygens (including phenoxy) is 3. The molecule has 1 aromatic heterocycles. The first-order valence-corrected chi connectivity index (χ1v) is 16.5. The maximum Gasteiger partial charge on any atom is 0.364 e. The van der Waals surface area contributed by atoms with E-state index in [0.717, 1.165) is 22.9 Å². The Hall–Kier alpha value is -5.39. The van der Waals surface area contributed by atoms with Gasteiger partial charge >= 0.3 is 23.9 Å². The molecule has 16 nitrogen and oxygen atoms in total. The van der Waals surface area contributed by atoms with Crippen molar-refractivity contribution in [2.75, 3.05) is 24.8 Å². The lowest BCUT2D eigenvalue weighted by Gasteiger charge is -2.49. The molecule has 19 heteroatoms. The summed E-state index contributed by atoms with van der Waals surface area (Å²) in [7, 11) is 1.45. The van der Waals surface area contributed by atoms with E-state index < -0.39 is 69.7 Å². The van der Waals surface area contributed by atoms with Crippen LogP contribution in [0.1, 0.15) is 45.1 Å². The molecular weight excluding hydrogens is 733 g/mol. The number of H-pyrrole nitrogens is 1. The molecule has 266 valence electrons. The molecular formula is C32H27Cl2N5O11S. The minimum absolute atomic E-state index is 0.0265. The largest absolute Gasteiger partial charge is 0.497 e. The second-order valence-corrected chi connectivity index (χ2v) is 13.8. The lowest BCUT2D eigenvalue weighted by Crippen LogP contribution is -2.71. The molecule has 2 aromatic carbocycles. The fourth-order valence-electron chi connectivity index (χ4n) is 5.13. The number of aromatic nitrogens is 2. The zero-order valence-corrected chi connectivity index (χ0v) is 28.8. The number of carbonyl (C=O) groups is 7. The van der Waals surface area contributed by atoms with E-state index in [1.807, 2.05) is 0 Å². The molecule has 3 heterocycles. The van der Waals surface area contributed by atoms with Crippen molar-refractivity contribution in [2.24, 2.45) is 0 Å². The number of carboxylic acids is 1. The van der Waals surface area contributed by atoms with Gasteiger partial charge in [-0.1, -0.05) is 35.3 Å². The highest BCUT2D eigenvalue weighted by molar-refractivity contribution is 8.00. The van der Waals surface area contributed by atoms with E-state index in [9.17, 15) is 38.7 Å². The van der Waals surface area contributed by atoms with Crippen molar-refractivity contribution in [3.63, 3.8) is 0 Å². The number of nitrogens with one attached hydrogen (secondary N) is 3. The van der Waals surface area contributed by atoms with Gasteiger partial charge in [0.25, 0.3) is 5.91 Å². The van der Waals surface area contributed by atoms with Gasteiger partial charge in [-0.05, 0) is 48.9 Å².